The van der Waals surface area contributed by atoms with Crippen LogP contribution < -0.4 is 5.32 Å². The lowest BCUT2D eigenvalue weighted by Crippen LogP contribution is -2.30. The lowest BCUT2D eigenvalue weighted by Gasteiger charge is -2.25. The lowest BCUT2D eigenvalue weighted by molar-refractivity contribution is -0.140. The number of hydrogen-bond acceptors (Lipinski definition) is 5. The van der Waals surface area contributed by atoms with Crippen LogP contribution in [0, 0.1) is 0 Å². The Kier molecular flexibility index (Phi) is 6.98. The molecule has 1 aliphatic rings. The van der Waals surface area contributed by atoms with Gasteiger partial charge in [0.15, 0.2) is 5.11 Å². The number of carbonyl (C=O) groups is 1. The van der Waals surface area contributed by atoms with Gasteiger partial charge in [-0.3, -0.25) is 9.78 Å². The summed E-state index contributed by atoms with van der Waals surface area (Å²) < 4.78 is 11.0. The van der Waals surface area contributed by atoms with Gasteiger partial charge in [0, 0.05) is 29.7 Å². The molecule has 3 aromatic rings. The second-order valence-electron chi connectivity index (χ2n) is 7.33. The maximum Gasteiger partial charge on any atom is 0.305 e. The third-order valence-electron chi connectivity index (χ3n) is 5.32. The molecule has 166 valence electrons. The number of carbonyl (C=O) groups excluding carboxylic acids is 1. The van der Waals surface area contributed by atoms with Gasteiger partial charge in [-0.15, -0.1) is 0 Å². The van der Waals surface area contributed by atoms with E-state index in [1.807, 2.05) is 41.3 Å². The van der Waals surface area contributed by atoms with Crippen molar-refractivity contribution < 1.29 is 13.9 Å². The van der Waals surface area contributed by atoms with Crippen molar-refractivity contribution in [1.82, 2.24) is 15.2 Å². The van der Waals surface area contributed by atoms with Gasteiger partial charge in [0.2, 0.25) is 0 Å². The molecule has 1 fully saturated rings. The first-order chi connectivity index (χ1) is 15.5. The van der Waals surface area contributed by atoms with Crippen LogP contribution in [0.1, 0.15) is 36.4 Å². The van der Waals surface area contributed by atoms with Gasteiger partial charge in [0.25, 0.3) is 0 Å². The van der Waals surface area contributed by atoms with E-state index in [9.17, 15) is 4.79 Å². The quantitative estimate of drug-likeness (QED) is 0.343. The van der Waals surface area contributed by atoms with E-state index in [0.29, 0.717) is 46.1 Å². The first-order valence-electron chi connectivity index (χ1n) is 10.1. The highest BCUT2D eigenvalue weighted by molar-refractivity contribution is 7.80. The van der Waals surface area contributed by atoms with Crippen molar-refractivity contribution in [3.05, 3.63) is 76.2 Å². The number of thiocarbonyl (C=S) groups is 1. The Morgan fingerprint density at radius 3 is 2.81 bits per heavy atom. The SMILES string of the molecule is COC(=O)CCCN1C(=S)N[C@H](c2ccccn2)[C@H]1c1ccc(-c2ccc(Cl)cc2Cl)o1. The van der Waals surface area contributed by atoms with E-state index in [0.717, 1.165) is 11.3 Å². The molecular weight excluding hydrogens is 469 g/mol. The smallest absolute Gasteiger partial charge is 0.305 e. The van der Waals surface area contributed by atoms with E-state index in [-0.39, 0.29) is 18.1 Å². The second kappa shape index (κ2) is 9.90. The van der Waals surface area contributed by atoms with Gasteiger partial charge in [-0.25, -0.2) is 0 Å². The van der Waals surface area contributed by atoms with Gasteiger partial charge in [-0.1, -0.05) is 29.3 Å². The summed E-state index contributed by atoms with van der Waals surface area (Å²) in [4.78, 5) is 18.1. The molecule has 0 unspecified atom stereocenters. The number of ether oxygens (including phenoxy) is 1. The molecule has 2 atom stereocenters. The molecule has 0 spiro atoms. The number of halogens is 2. The molecule has 0 radical (unpaired) electrons. The molecule has 4 rings (SSSR count). The minimum Gasteiger partial charge on any atom is -0.469 e. The first-order valence-corrected chi connectivity index (χ1v) is 11.2. The fourth-order valence-corrected chi connectivity index (χ4v) is 4.63. The van der Waals surface area contributed by atoms with Gasteiger partial charge < -0.3 is 19.4 Å². The van der Waals surface area contributed by atoms with E-state index in [1.54, 1.807) is 18.3 Å². The maximum absolute atomic E-state index is 11.6. The summed E-state index contributed by atoms with van der Waals surface area (Å²) in [6.45, 7) is 0.562. The second-order valence-corrected chi connectivity index (χ2v) is 8.56. The molecule has 0 bridgehead atoms. The number of benzene rings is 1. The van der Waals surface area contributed by atoms with Crippen molar-refractivity contribution in [2.24, 2.45) is 0 Å². The molecule has 0 aliphatic carbocycles. The highest BCUT2D eigenvalue weighted by atomic mass is 35.5. The third kappa shape index (κ3) is 4.75. The number of esters is 1. The van der Waals surface area contributed by atoms with Crippen LogP contribution in [-0.4, -0.2) is 34.6 Å². The van der Waals surface area contributed by atoms with Crippen LogP contribution in [0.5, 0.6) is 0 Å². The van der Waals surface area contributed by atoms with Gasteiger partial charge >= 0.3 is 5.97 Å². The number of methoxy groups -OCH3 is 1. The zero-order valence-electron chi connectivity index (χ0n) is 17.3. The number of hydrogen-bond donors (Lipinski definition) is 1. The molecule has 1 aliphatic heterocycles. The van der Waals surface area contributed by atoms with E-state index in [4.69, 9.17) is 44.6 Å². The summed E-state index contributed by atoms with van der Waals surface area (Å²) in [6.07, 6.45) is 2.65. The molecular formula is C23H21Cl2N3O3S. The lowest BCUT2D eigenvalue weighted by atomic mass is 10.0. The van der Waals surface area contributed by atoms with Crippen LogP contribution in [0.2, 0.25) is 10.0 Å². The molecule has 0 amide bonds. The number of rotatable bonds is 7. The summed E-state index contributed by atoms with van der Waals surface area (Å²) in [5, 5.41) is 5.01. The van der Waals surface area contributed by atoms with E-state index >= 15 is 0 Å². The Hall–Kier alpha value is -2.61. The zero-order chi connectivity index (χ0) is 22.7. The van der Waals surface area contributed by atoms with Crippen molar-refractivity contribution in [3.63, 3.8) is 0 Å². The first kappa shape index (κ1) is 22.6. The molecule has 1 N–H and O–H groups in total. The highest BCUT2D eigenvalue weighted by Crippen LogP contribution is 2.41. The Bertz CT molecular complexity index is 1120. The van der Waals surface area contributed by atoms with Crippen LogP contribution in [0.15, 0.2) is 59.1 Å². The van der Waals surface area contributed by atoms with Crippen LogP contribution in [0.3, 0.4) is 0 Å². The molecule has 2 aromatic heterocycles. The van der Waals surface area contributed by atoms with E-state index < -0.39 is 0 Å². The Morgan fingerprint density at radius 2 is 2.09 bits per heavy atom. The molecule has 32 heavy (non-hydrogen) atoms. The van der Waals surface area contributed by atoms with Crippen LogP contribution in [0.25, 0.3) is 11.3 Å². The Morgan fingerprint density at radius 1 is 1.25 bits per heavy atom. The third-order valence-corrected chi connectivity index (χ3v) is 6.22. The van der Waals surface area contributed by atoms with Crippen molar-refractivity contribution in [2.75, 3.05) is 13.7 Å². The van der Waals surface area contributed by atoms with Gasteiger partial charge in [0.1, 0.15) is 17.6 Å². The monoisotopic (exact) mass is 489 g/mol. The minimum absolute atomic E-state index is 0.207. The predicted octanol–water partition coefficient (Wildman–Crippen LogP) is 5.57. The minimum atomic E-state index is -0.251. The van der Waals surface area contributed by atoms with Crippen molar-refractivity contribution in [1.29, 1.82) is 0 Å². The molecule has 1 saturated heterocycles. The summed E-state index contributed by atoms with van der Waals surface area (Å²) in [5.41, 5.74) is 1.60. The number of pyridine rings is 1. The normalized spacial score (nSPS) is 18.0. The zero-order valence-corrected chi connectivity index (χ0v) is 19.6. The number of nitrogens with zero attached hydrogens (tertiary/aromatic N) is 2. The summed E-state index contributed by atoms with van der Waals surface area (Å²) in [5.74, 6) is 1.10. The molecule has 0 saturated carbocycles. The van der Waals surface area contributed by atoms with Crippen LogP contribution >= 0.6 is 35.4 Å². The van der Waals surface area contributed by atoms with Crippen molar-refractivity contribution in [2.45, 2.75) is 24.9 Å². The Labute approximate surface area is 201 Å². The molecule has 9 heteroatoms. The van der Waals surface area contributed by atoms with Crippen molar-refractivity contribution in [3.8, 4) is 11.3 Å². The highest BCUT2D eigenvalue weighted by Gasteiger charge is 2.41. The number of aromatic nitrogens is 1. The topological polar surface area (TPSA) is 67.6 Å². The number of furan rings is 1. The van der Waals surface area contributed by atoms with E-state index in [1.165, 1.54) is 7.11 Å². The van der Waals surface area contributed by atoms with Gasteiger partial charge in [-0.05, 0) is 61.1 Å². The summed E-state index contributed by atoms with van der Waals surface area (Å²) in [6, 6.07) is 14.4. The molecule has 3 heterocycles. The van der Waals surface area contributed by atoms with E-state index in [2.05, 4.69) is 10.3 Å². The summed E-state index contributed by atoms with van der Waals surface area (Å²) >= 11 is 18.0. The van der Waals surface area contributed by atoms with Crippen LogP contribution in [0.4, 0.5) is 0 Å². The standard InChI is InChI=1S/C23H21Cl2N3O3S/c1-30-20(29)6-4-12-28-22(21(27-23(28)32)17-5-2-3-11-26-17)19-10-9-18(31-19)15-8-7-14(24)13-16(15)25/h2-3,5,7-11,13,21-22H,4,6,12H2,1H3,(H,27,32)/t21-,22-/m1/s1. The van der Waals surface area contributed by atoms with Crippen molar-refractivity contribution >= 4 is 46.5 Å². The molecule has 1 aromatic carbocycles. The number of nitrogens with one attached hydrogen (secondary N) is 1. The summed E-state index contributed by atoms with van der Waals surface area (Å²) in [7, 11) is 1.39. The average molecular weight is 490 g/mol. The molecule has 6 nitrogen and oxygen atoms in total. The predicted molar refractivity (Wildman–Crippen MR) is 128 cm³/mol. The van der Waals surface area contributed by atoms with Gasteiger partial charge in [0.05, 0.1) is 23.9 Å². The maximum atomic E-state index is 11.6. The Balaban J connectivity index is 1.66. The van der Waals surface area contributed by atoms with Gasteiger partial charge in [-0.2, -0.15) is 0 Å². The fraction of sp³-hybridized carbons (Fsp3) is 0.261. The van der Waals surface area contributed by atoms with Crippen LogP contribution in [-0.2, 0) is 9.53 Å². The largest absolute Gasteiger partial charge is 0.469 e. The fourth-order valence-electron chi connectivity index (χ4n) is 3.80. The average Bonchev–Trinajstić information content (AvgIpc) is 3.39.